The monoisotopic (exact) mass is 297 g/mol. The van der Waals surface area contributed by atoms with E-state index in [9.17, 15) is 4.39 Å². The molecule has 2 bridgehead atoms. The molecule has 3 unspecified atom stereocenters. The van der Waals surface area contributed by atoms with E-state index in [1.807, 2.05) is 6.07 Å². The van der Waals surface area contributed by atoms with Gasteiger partial charge in [0.1, 0.15) is 5.82 Å². The van der Waals surface area contributed by atoms with Crippen molar-refractivity contribution in [1.82, 2.24) is 0 Å². The number of benzene rings is 1. The molecule has 2 saturated carbocycles. The van der Waals surface area contributed by atoms with Crippen LogP contribution in [-0.4, -0.2) is 5.54 Å². The minimum atomic E-state index is -0.180. The predicted octanol–water partition coefficient (Wildman–Crippen LogP) is 3.65. The summed E-state index contributed by atoms with van der Waals surface area (Å²) in [7, 11) is 0. The molecule has 1 aromatic carbocycles. The number of hydrogen-bond acceptors (Lipinski definition) is 1. The third kappa shape index (κ3) is 2.15. The molecule has 0 amide bonds. The summed E-state index contributed by atoms with van der Waals surface area (Å²) in [6, 6.07) is 5.10. The molecular weight excluding hydrogens is 281 g/mol. The molecule has 0 radical (unpaired) electrons. The Morgan fingerprint density at radius 2 is 2.18 bits per heavy atom. The minimum absolute atomic E-state index is 0.0872. The fraction of sp³-hybridized carbons (Fsp3) is 0.571. The van der Waals surface area contributed by atoms with E-state index >= 15 is 0 Å². The molecule has 2 aliphatic rings. The Morgan fingerprint density at radius 1 is 1.35 bits per heavy atom. The van der Waals surface area contributed by atoms with E-state index in [1.165, 1.54) is 25.3 Å². The Labute approximate surface area is 110 Å². The van der Waals surface area contributed by atoms with Gasteiger partial charge in [0.05, 0.1) is 0 Å². The maximum absolute atomic E-state index is 13.3. The molecule has 2 aliphatic carbocycles. The van der Waals surface area contributed by atoms with E-state index < -0.39 is 0 Å². The van der Waals surface area contributed by atoms with Crippen molar-refractivity contribution in [2.75, 3.05) is 0 Å². The van der Waals surface area contributed by atoms with Gasteiger partial charge >= 0.3 is 0 Å². The molecular formula is C14H17BrFN. The van der Waals surface area contributed by atoms with Gasteiger partial charge in [0.25, 0.3) is 0 Å². The molecule has 3 atom stereocenters. The van der Waals surface area contributed by atoms with Crippen molar-refractivity contribution in [3.8, 4) is 0 Å². The van der Waals surface area contributed by atoms with Crippen molar-refractivity contribution < 1.29 is 4.39 Å². The third-order valence-corrected chi connectivity index (χ3v) is 4.94. The molecule has 3 heteroatoms. The average Bonchev–Trinajstić information content (AvgIpc) is 2.74. The second-order valence-electron chi connectivity index (χ2n) is 5.77. The van der Waals surface area contributed by atoms with E-state index in [0.29, 0.717) is 5.92 Å². The van der Waals surface area contributed by atoms with Crippen LogP contribution in [0, 0.1) is 17.7 Å². The van der Waals surface area contributed by atoms with E-state index in [2.05, 4.69) is 15.9 Å². The molecule has 0 aromatic heterocycles. The molecule has 0 heterocycles. The molecule has 1 aromatic rings. The standard InChI is InChI=1S/C14H17BrFN/c15-12-4-10(5-13(16)6-12)8-14(17)7-9-1-2-11(14)3-9/h4-6,9,11H,1-3,7-8,17H2. The second-order valence-corrected chi connectivity index (χ2v) is 6.68. The fourth-order valence-corrected chi connectivity index (χ4v) is 4.31. The quantitative estimate of drug-likeness (QED) is 0.886. The molecule has 2 fully saturated rings. The first-order valence-corrected chi connectivity index (χ1v) is 7.08. The number of fused-ring (bicyclic) bond motifs is 2. The van der Waals surface area contributed by atoms with Crippen molar-refractivity contribution in [3.05, 3.63) is 34.1 Å². The van der Waals surface area contributed by atoms with Gasteiger partial charge in [-0.25, -0.2) is 4.39 Å². The van der Waals surface area contributed by atoms with Crippen molar-refractivity contribution in [2.24, 2.45) is 17.6 Å². The van der Waals surface area contributed by atoms with Crippen LogP contribution in [0.15, 0.2) is 22.7 Å². The van der Waals surface area contributed by atoms with Gasteiger partial charge in [-0.1, -0.05) is 22.4 Å². The summed E-state index contributed by atoms with van der Waals surface area (Å²) in [5.74, 6) is 1.29. The van der Waals surface area contributed by atoms with Crippen molar-refractivity contribution >= 4 is 15.9 Å². The van der Waals surface area contributed by atoms with Crippen LogP contribution in [-0.2, 0) is 6.42 Å². The second kappa shape index (κ2) is 4.06. The van der Waals surface area contributed by atoms with Gasteiger partial charge in [0.2, 0.25) is 0 Å². The van der Waals surface area contributed by atoms with Crippen LogP contribution in [0.1, 0.15) is 31.2 Å². The fourth-order valence-electron chi connectivity index (χ4n) is 3.80. The van der Waals surface area contributed by atoms with Crippen molar-refractivity contribution in [1.29, 1.82) is 0 Å². The summed E-state index contributed by atoms with van der Waals surface area (Å²) in [6.45, 7) is 0. The first kappa shape index (κ1) is 11.7. The Hall–Kier alpha value is -0.410. The lowest BCUT2D eigenvalue weighted by Crippen LogP contribution is -2.46. The molecule has 17 heavy (non-hydrogen) atoms. The first-order valence-electron chi connectivity index (χ1n) is 6.29. The molecule has 3 rings (SSSR count). The highest BCUT2D eigenvalue weighted by atomic mass is 79.9. The average molecular weight is 298 g/mol. The Bertz CT molecular complexity index is 428. The largest absolute Gasteiger partial charge is 0.325 e. The Morgan fingerprint density at radius 3 is 2.76 bits per heavy atom. The summed E-state index contributed by atoms with van der Waals surface area (Å²) in [4.78, 5) is 0. The van der Waals surface area contributed by atoms with E-state index in [-0.39, 0.29) is 11.4 Å². The zero-order valence-corrected chi connectivity index (χ0v) is 11.3. The van der Waals surface area contributed by atoms with Crippen LogP contribution in [0.25, 0.3) is 0 Å². The van der Waals surface area contributed by atoms with Gasteiger partial charge in [-0.3, -0.25) is 0 Å². The molecule has 0 spiro atoms. The lowest BCUT2D eigenvalue weighted by molar-refractivity contribution is 0.269. The van der Waals surface area contributed by atoms with E-state index in [4.69, 9.17) is 5.73 Å². The van der Waals surface area contributed by atoms with Crippen LogP contribution in [0.5, 0.6) is 0 Å². The predicted molar refractivity (Wildman–Crippen MR) is 70.2 cm³/mol. The lowest BCUT2D eigenvalue weighted by Gasteiger charge is -2.34. The molecule has 0 saturated heterocycles. The third-order valence-electron chi connectivity index (χ3n) is 4.48. The maximum atomic E-state index is 13.3. The summed E-state index contributed by atoms with van der Waals surface area (Å²) < 4.78 is 14.1. The van der Waals surface area contributed by atoms with Crippen LogP contribution in [0.2, 0.25) is 0 Å². The van der Waals surface area contributed by atoms with Gasteiger partial charge in [-0.05, 0) is 61.3 Å². The highest BCUT2D eigenvalue weighted by Crippen LogP contribution is 2.50. The van der Waals surface area contributed by atoms with E-state index in [0.717, 1.165) is 28.8 Å². The topological polar surface area (TPSA) is 26.0 Å². The molecule has 0 aliphatic heterocycles. The Balaban J connectivity index is 1.82. The normalized spacial score (nSPS) is 35.5. The molecule has 2 N–H and O–H groups in total. The highest BCUT2D eigenvalue weighted by molar-refractivity contribution is 9.10. The van der Waals surface area contributed by atoms with Crippen LogP contribution >= 0.6 is 15.9 Å². The molecule has 1 nitrogen and oxygen atoms in total. The number of hydrogen-bond donors (Lipinski definition) is 1. The summed E-state index contributed by atoms with van der Waals surface area (Å²) in [5.41, 5.74) is 7.47. The maximum Gasteiger partial charge on any atom is 0.124 e. The van der Waals surface area contributed by atoms with Gasteiger partial charge in [0.15, 0.2) is 0 Å². The van der Waals surface area contributed by atoms with Gasteiger partial charge in [0, 0.05) is 10.0 Å². The summed E-state index contributed by atoms with van der Waals surface area (Å²) in [6.07, 6.45) is 5.82. The lowest BCUT2D eigenvalue weighted by atomic mass is 9.77. The number of nitrogens with two attached hydrogens (primary N) is 1. The van der Waals surface area contributed by atoms with Crippen LogP contribution in [0.4, 0.5) is 4.39 Å². The SMILES string of the molecule is NC1(Cc2cc(F)cc(Br)c2)CC2CCC1C2. The summed E-state index contributed by atoms with van der Waals surface area (Å²) >= 11 is 3.34. The van der Waals surface area contributed by atoms with Crippen molar-refractivity contribution in [3.63, 3.8) is 0 Å². The van der Waals surface area contributed by atoms with Gasteiger partial charge < -0.3 is 5.73 Å². The number of rotatable bonds is 2. The smallest absolute Gasteiger partial charge is 0.124 e. The van der Waals surface area contributed by atoms with Gasteiger partial charge in [-0.2, -0.15) is 0 Å². The Kier molecular flexibility index (Phi) is 2.79. The highest BCUT2D eigenvalue weighted by Gasteiger charge is 2.48. The number of halogens is 2. The van der Waals surface area contributed by atoms with Crippen LogP contribution < -0.4 is 5.73 Å². The van der Waals surface area contributed by atoms with Crippen LogP contribution in [0.3, 0.4) is 0 Å². The van der Waals surface area contributed by atoms with E-state index in [1.54, 1.807) is 6.07 Å². The first-order chi connectivity index (χ1) is 8.05. The van der Waals surface area contributed by atoms with Crippen molar-refractivity contribution in [2.45, 2.75) is 37.6 Å². The van der Waals surface area contributed by atoms with Gasteiger partial charge in [-0.15, -0.1) is 0 Å². The zero-order chi connectivity index (χ0) is 12.0. The summed E-state index contributed by atoms with van der Waals surface area (Å²) in [5, 5.41) is 0. The minimum Gasteiger partial charge on any atom is -0.325 e. The molecule has 92 valence electrons. The zero-order valence-electron chi connectivity index (χ0n) is 9.76.